The molecule has 1 spiro atoms. The zero-order chi connectivity index (χ0) is 21.9. The number of ether oxygens (including phenoxy) is 2. The lowest BCUT2D eigenvalue weighted by atomic mass is 9.68. The van der Waals surface area contributed by atoms with Crippen LogP contribution in [0.2, 0.25) is 0 Å². The first kappa shape index (κ1) is 18.9. The lowest BCUT2D eigenvalue weighted by Gasteiger charge is -2.35. The van der Waals surface area contributed by atoms with Gasteiger partial charge in [0.15, 0.2) is 5.75 Å². The minimum atomic E-state index is -1.85. The Balaban J connectivity index is 2.02. The number of hydrogen-bond acceptors (Lipinski definition) is 7. The maximum Gasteiger partial charge on any atom is 0.345 e. The maximum atomic E-state index is 14.0. The summed E-state index contributed by atoms with van der Waals surface area (Å²) in [6.45, 7) is 2.13. The van der Waals surface area contributed by atoms with Gasteiger partial charge in [0.05, 0.1) is 12.5 Å². The summed E-state index contributed by atoms with van der Waals surface area (Å²) in [5.74, 6) is -1.56. The zero-order valence-electron chi connectivity index (χ0n) is 16.8. The number of benzene rings is 2. The summed E-state index contributed by atoms with van der Waals surface area (Å²) in [5.41, 5.74) is 4.56. The van der Waals surface area contributed by atoms with Crippen LogP contribution in [-0.2, 0) is 19.7 Å². The molecule has 0 saturated heterocycles. The monoisotopic (exact) mass is 418 g/mol. The summed E-state index contributed by atoms with van der Waals surface area (Å²) < 4.78 is 16.3. The number of esters is 1. The van der Waals surface area contributed by atoms with Crippen molar-refractivity contribution in [3.8, 4) is 5.75 Å². The average molecular weight is 418 g/mol. The van der Waals surface area contributed by atoms with Crippen LogP contribution in [0.3, 0.4) is 0 Å². The van der Waals surface area contributed by atoms with Gasteiger partial charge in [-0.15, -0.1) is 0 Å². The Morgan fingerprint density at radius 1 is 1.13 bits per heavy atom. The number of nitrogens with zero attached hydrogens (tertiary/aromatic N) is 1. The van der Waals surface area contributed by atoms with E-state index in [0.29, 0.717) is 23.2 Å². The topological polar surface area (TPSA) is 112 Å². The van der Waals surface area contributed by atoms with Crippen molar-refractivity contribution in [3.05, 3.63) is 81.5 Å². The van der Waals surface area contributed by atoms with E-state index in [0.717, 1.165) is 0 Å². The summed E-state index contributed by atoms with van der Waals surface area (Å²) in [6.07, 6.45) is 0. The summed E-state index contributed by atoms with van der Waals surface area (Å²) in [6, 6.07) is 13.7. The van der Waals surface area contributed by atoms with Gasteiger partial charge >= 0.3 is 11.6 Å². The molecule has 1 amide bonds. The molecule has 3 aromatic rings. The lowest BCUT2D eigenvalue weighted by molar-refractivity contribution is -0.138. The number of fused-ring (bicyclic) bond motifs is 6. The van der Waals surface area contributed by atoms with Gasteiger partial charge in [0, 0.05) is 17.8 Å². The predicted molar refractivity (Wildman–Crippen MR) is 112 cm³/mol. The Labute approximate surface area is 176 Å². The Morgan fingerprint density at radius 3 is 2.58 bits per heavy atom. The second-order valence-corrected chi connectivity index (χ2v) is 7.24. The number of anilines is 1. The van der Waals surface area contributed by atoms with E-state index in [2.05, 4.69) is 0 Å². The average Bonchev–Trinajstić information content (AvgIpc) is 3.01. The molecule has 2 N–H and O–H groups in total. The number of carbonyl (C=O) groups excluding carboxylic acids is 2. The van der Waals surface area contributed by atoms with Crippen molar-refractivity contribution in [2.45, 2.75) is 12.3 Å². The minimum absolute atomic E-state index is 0.0887. The van der Waals surface area contributed by atoms with E-state index in [1.54, 1.807) is 48.5 Å². The van der Waals surface area contributed by atoms with Crippen LogP contribution < -0.4 is 21.0 Å². The molecule has 0 bridgehead atoms. The van der Waals surface area contributed by atoms with Crippen molar-refractivity contribution in [2.75, 3.05) is 18.6 Å². The number of amides is 1. The van der Waals surface area contributed by atoms with Crippen LogP contribution >= 0.6 is 0 Å². The highest BCUT2D eigenvalue weighted by Gasteiger charge is 2.62. The molecule has 5 rings (SSSR count). The van der Waals surface area contributed by atoms with Gasteiger partial charge in [-0.1, -0.05) is 30.3 Å². The third-order valence-corrected chi connectivity index (χ3v) is 5.84. The minimum Gasteiger partial charge on any atom is -0.465 e. The Bertz CT molecular complexity index is 1370. The van der Waals surface area contributed by atoms with Crippen LogP contribution in [0.15, 0.2) is 69.2 Å². The molecule has 1 atom stereocenters. The third-order valence-electron chi connectivity index (χ3n) is 5.84. The summed E-state index contributed by atoms with van der Waals surface area (Å²) in [7, 11) is 1.18. The number of nitrogens with two attached hydrogens (primary N) is 1. The molecule has 2 aromatic carbocycles. The number of carbonyl (C=O) groups is 2. The third kappa shape index (κ3) is 2.21. The van der Waals surface area contributed by atoms with Crippen LogP contribution in [0.4, 0.5) is 5.69 Å². The van der Waals surface area contributed by atoms with E-state index in [1.807, 2.05) is 6.92 Å². The van der Waals surface area contributed by atoms with Crippen molar-refractivity contribution in [3.63, 3.8) is 0 Å². The van der Waals surface area contributed by atoms with E-state index >= 15 is 0 Å². The SMILES string of the molecule is CCN1C(=O)C2(C(C(=O)OC)=C(N)Oc3c2c(=O)oc2ccccc32)c2ccccc21. The molecule has 1 aromatic heterocycles. The number of para-hydroxylation sites is 2. The van der Waals surface area contributed by atoms with Crippen molar-refractivity contribution < 1.29 is 23.5 Å². The van der Waals surface area contributed by atoms with Gasteiger partial charge in [-0.25, -0.2) is 9.59 Å². The molecule has 1 unspecified atom stereocenters. The Morgan fingerprint density at radius 2 is 1.84 bits per heavy atom. The van der Waals surface area contributed by atoms with Crippen LogP contribution in [-0.4, -0.2) is 25.5 Å². The Hall–Kier alpha value is -4.07. The quantitative estimate of drug-likeness (QED) is 0.501. The van der Waals surface area contributed by atoms with Crippen molar-refractivity contribution in [1.29, 1.82) is 0 Å². The molecule has 0 saturated carbocycles. The number of hydrogen-bond donors (Lipinski definition) is 1. The number of rotatable bonds is 2. The fraction of sp³-hybridized carbons (Fsp3) is 0.174. The lowest BCUT2D eigenvalue weighted by Crippen LogP contribution is -2.50. The smallest absolute Gasteiger partial charge is 0.345 e. The molecule has 0 aliphatic carbocycles. The second-order valence-electron chi connectivity index (χ2n) is 7.24. The fourth-order valence-electron chi connectivity index (χ4n) is 4.63. The summed E-state index contributed by atoms with van der Waals surface area (Å²) >= 11 is 0. The molecule has 8 nitrogen and oxygen atoms in total. The second kappa shape index (κ2) is 6.46. The molecule has 2 aliphatic heterocycles. The number of likely N-dealkylation sites (N-methyl/N-ethyl adjacent to an activating group) is 1. The van der Waals surface area contributed by atoms with E-state index in [1.165, 1.54) is 12.0 Å². The molecule has 3 heterocycles. The van der Waals surface area contributed by atoms with Gasteiger partial charge in [-0.2, -0.15) is 0 Å². The van der Waals surface area contributed by atoms with Crippen molar-refractivity contribution >= 4 is 28.5 Å². The molecule has 31 heavy (non-hydrogen) atoms. The summed E-state index contributed by atoms with van der Waals surface area (Å²) in [5, 5.41) is 0.462. The molecule has 0 radical (unpaired) electrons. The first-order valence-electron chi connectivity index (χ1n) is 9.71. The van der Waals surface area contributed by atoms with Crippen molar-refractivity contribution in [2.24, 2.45) is 5.73 Å². The highest BCUT2D eigenvalue weighted by molar-refractivity contribution is 6.19. The molecule has 156 valence electrons. The highest BCUT2D eigenvalue weighted by atomic mass is 16.5. The van der Waals surface area contributed by atoms with Gasteiger partial charge in [0.2, 0.25) is 11.8 Å². The van der Waals surface area contributed by atoms with E-state index in [9.17, 15) is 14.4 Å². The van der Waals surface area contributed by atoms with E-state index < -0.39 is 22.9 Å². The van der Waals surface area contributed by atoms with Crippen LogP contribution in [0.5, 0.6) is 5.75 Å². The summed E-state index contributed by atoms with van der Waals surface area (Å²) in [4.78, 5) is 41.7. The van der Waals surface area contributed by atoms with Crippen LogP contribution in [0.25, 0.3) is 11.0 Å². The zero-order valence-corrected chi connectivity index (χ0v) is 16.8. The fourth-order valence-corrected chi connectivity index (χ4v) is 4.63. The molecular formula is C23H18N2O6. The molecule has 0 fully saturated rings. The normalized spacial score (nSPS) is 19.4. The maximum absolute atomic E-state index is 14.0. The van der Waals surface area contributed by atoms with Gasteiger partial charge in [-0.3, -0.25) is 4.79 Å². The van der Waals surface area contributed by atoms with Gasteiger partial charge in [-0.05, 0) is 25.1 Å². The number of methoxy groups -OCH3 is 1. The van der Waals surface area contributed by atoms with Gasteiger partial charge < -0.3 is 24.5 Å². The molecular weight excluding hydrogens is 400 g/mol. The molecule has 8 heteroatoms. The first-order chi connectivity index (χ1) is 15.0. The largest absolute Gasteiger partial charge is 0.465 e. The molecule has 2 aliphatic rings. The standard InChI is InChI=1S/C23H18N2O6/c1-3-25-14-10-6-5-9-13(14)23(22(25)28)16-18(31-19(24)17(23)20(26)29-2)12-8-4-7-11-15(12)30-21(16)27/h4-11H,3,24H2,1-2H3. The predicted octanol–water partition coefficient (Wildman–Crippen LogP) is 2.18. The van der Waals surface area contributed by atoms with E-state index in [-0.39, 0.29) is 28.4 Å². The van der Waals surface area contributed by atoms with Crippen LogP contribution in [0.1, 0.15) is 18.1 Å². The first-order valence-corrected chi connectivity index (χ1v) is 9.71. The highest BCUT2D eigenvalue weighted by Crippen LogP contribution is 2.55. The van der Waals surface area contributed by atoms with Gasteiger partial charge in [0.25, 0.3) is 0 Å². The Kier molecular flexibility index (Phi) is 3.95. The van der Waals surface area contributed by atoms with Crippen molar-refractivity contribution in [1.82, 2.24) is 0 Å². The van der Waals surface area contributed by atoms with E-state index in [4.69, 9.17) is 19.6 Å². The van der Waals surface area contributed by atoms with Crippen LogP contribution in [0, 0.1) is 0 Å². The van der Waals surface area contributed by atoms with Gasteiger partial charge in [0.1, 0.15) is 22.1 Å².